The van der Waals surface area contributed by atoms with Gasteiger partial charge in [0, 0.05) is 38.3 Å². The number of carbonyl (C=O) groups is 1. The molecule has 2 aliphatic rings. The van der Waals surface area contributed by atoms with Gasteiger partial charge in [-0.15, -0.1) is 5.10 Å². The van der Waals surface area contributed by atoms with E-state index in [0.717, 1.165) is 62.8 Å². The molecule has 2 aliphatic heterocycles. The van der Waals surface area contributed by atoms with E-state index in [-0.39, 0.29) is 12.4 Å². The number of ether oxygens (including phenoxy) is 3. The molecule has 2 aromatic rings. The van der Waals surface area contributed by atoms with Gasteiger partial charge in [0.05, 0.1) is 46.1 Å². The molecule has 0 aliphatic carbocycles. The molecule has 4 heterocycles. The number of morpholine rings is 1. The number of rotatable bonds is 13. The summed E-state index contributed by atoms with van der Waals surface area (Å²) in [6, 6.07) is 2.43. The van der Waals surface area contributed by atoms with Gasteiger partial charge in [-0.2, -0.15) is 9.97 Å². The van der Waals surface area contributed by atoms with Crippen LogP contribution in [0.15, 0.2) is 12.3 Å². The molecule has 198 valence electrons. The van der Waals surface area contributed by atoms with Crippen LogP contribution in [0.25, 0.3) is 0 Å². The van der Waals surface area contributed by atoms with E-state index in [2.05, 4.69) is 35.9 Å². The van der Waals surface area contributed by atoms with Gasteiger partial charge in [0.25, 0.3) is 0 Å². The summed E-state index contributed by atoms with van der Waals surface area (Å²) in [4.78, 5) is 22.8. The van der Waals surface area contributed by atoms with Crippen molar-refractivity contribution < 1.29 is 19.0 Å². The maximum absolute atomic E-state index is 11.1. The minimum atomic E-state index is -0.267. The third-order valence-electron chi connectivity index (χ3n) is 6.11. The molecule has 0 radical (unpaired) electrons. The summed E-state index contributed by atoms with van der Waals surface area (Å²) in [6.45, 7) is 7.09. The van der Waals surface area contributed by atoms with E-state index in [9.17, 15) is 4.79 Å². The SMILES string of the molecule is COC(=O)CCOCCCn1cc(CNc2nc(NC3CCNCC3)cc(N3CCOCC3)n2)nn1. The zero-order chi connectivity index (χ0) is 25.0. The highest BCUT2D eigenvalue weighted by atomic mass is 16.5. The Morgan fingerprint density at radius 2 is 2.06 bits per heavy atom. The third-order valence-corrected chi connectivity index (χ3v) is 6.11. The molecule has 0 saturated carbocycles. The maximum atomic E-state index is 11.1. The summed E-state index contributed by atoms with van der Waals surface area (Å²) in [5, 5.41) is 18.7. The molecule has 0 atom stereocenters. The highest BCUT2D eigenvalue weighted by molar-refractivity contribution is 5.69. The first kappa shape index (κ1) is 26.0. The van der Waals surface area contributed by atoms with Crippen LogP contribution in [-0.2, 0) is 32.1 Å². The van der Waals surface area contributed by atoms with E-state index in [1.54, 1.807) is 4.68 Å². The number of hydrogen-bond acceptors (Lipinski definition) is 12. The van der Waals surface area contributed by atoms with Crippen molar-refractivity contribution in [1.29, 1.82) is 0 Å². The van der Waals surface area contributed by atoms with Gasteiger partial charge in [0.1, 0.15) is 17.3 Å². The van der Waals surface area contributed by atoms with Crippen molar-refractivity contribution in [3.05, 3.63) is 18.0 Å². The third kappa shape index (κ3) is 8.28. The second-order valence-corrected chi connectivity index (χ2v) is 8.82. The average Bonchev–Trinajstić information content (AvgIpc) is 3.38. The fraction of sp³-hybridized carbons (Fsp3) is 0.696. The second kappa shape index (κ2) is 13.9. The molecule has 2 saturated heterocycles. The first-order valence-electron chi connectivity index (χ1n) is 12.7. The van der Waals surface area contributed by atoms with Crippen LogP contribution in [0.2, 0.25) is 0 Å². The van der Waals surface area contributed by atoms with Gasteiger partial charge >= 0.3 is 5.97 Å². The lowest BCUT2D eigenvalue weighted by Gasteiger charge is -2.29. The largest absolute Gasteiger partial charge is 0.469 e. The van der Waals surface area contributed by atoms with Crippen molar-refractivity contribution in [2.24, 2.45) is 0 Å². The zero-order valence-electron chi connectivity index (χ0n) is 20.9. The highest BCUT2D eigenvalue weighted by Crippen LogP contribution is 2.21. The van der Waals surface area contributed by atoms with Crippen molar-refractivity contribution in [3.8, 4) is 0 Å². The van der Waals surface area contributed by atoms with Gasteiger partial charge in [-0.1, -0.05) is 5.21 Å². The first-order valence-corrected chi connectivity index (χ1v) is 12.7. The van der Waals surface area contributed by atoms with Gasteiger partial charge < -0.3 is 35.1 Å². The minimum Gasteiger partial charge on any atom is -0.469 e. The lowest BCUT2D eigenvalue weighted by molar-refractivity contribution is -0.141. The number of hydrogen-bond donors (Lipinski definition) is 3. The Kier molecular flexibility index (Phi) is 10.1. The Hall–Kier alpha value is -3.03. The smallest absolute Gasteiger partial charge is 0.307 e. The summed E-state index contributed by atoms with van der Waals surface area (Å²) < 4.78 is 17.3. The van der Waals surface area contributed by atoms with E-state index in [1.165, 1.54) is 7.11 Å². The molecule has 0 bridgehead atoms. The van der Waals surface area contributed by atoms with Crippen LogP contribution in [-0.4, -0.2) is 96.7 Å². The molecule has 36 heavy (non-hydrogen) atoms. The highest BCUT2D eigenvalue weighted by Gasteiger charge is 2.18. The Morgan fingerprint density at radius 3 is 2.86 bits per heavy atom. The summed E-state index contributed by atoms with van der Waals surface area (Å²) >= 11 is 0. The normalized spacial score (nSPS) is 16.6. The molecule has 2 aromatic heterocycles. The number of nitrogens with one attached hydrogen (secondary N) is 3. The molecule has 2 fully saturated rings. The topological polar surface area (TPSA) is 141 Å². The monoisotopic (exact) mass is 503 g/mol. The number of anilines is 3. The second-order valence-electron chi connectivity index (χ2n) is 8.82. The summed E-state index contributed by atoms with van der Waals surface area (Å²) in [5.41, 5.74) is 0.801. The average molecular weight is 504 g/mol. The van der Waals surface area contributed by atoms with Crippen LogP contribution >= 0.6 is 0 Å². The fourth-order valence-corrected chi connectivity index (χ4v) is 4.10. The van der Waals surface area contributed by atoms with E-state index in [0.29, 0.717) is 51.5 Å². The number of carbonyl (C=O) groups excluding carboxylic acids is 1. The molecule has 0 spiro atoms. The molecule has 4 rings (SSSR count). The standard InChI is InChI=1S/C23H37N9O4/c1-34-22(33)5-12-35-11-2-8-32-17-19(29-30-32)16-25-23-27-20(26-18-3-6-24-7-4-18)15-21(28-23)31-9-13-36-14-10-31/h15,17-18,24H,2-14,16H2,1H3,(H2,25,26,27,28). The number of piperidine rings is 1. The molecule has 0 aromatic carbocycles. The van der Waals surface area contributed by atoms with Crippen LogP contribution < -0.4 is 20.9 Å². The van der Waals surface area contributed by atoms with Crippen molar-refractivity contribution in [3.63, 3.8) is 0 Å². The van der Waals surface area contributed by atoms with E-state index in [4.69, 9.17) is 19.4 Å². The molecule has 13 nitrogen and oxygen atoms in total. The van der Waals surface area contributed by atoms with Gasteiger partial charge in [0.2, 0.25) is 5.95 Å². The molecular formula is C23H37N9O4. The number of aromatic nitrogens is 5. The number of aryl methyl sites for hydroxylation is 1. The molecule has 0 amide bonds. The van der Waals surface area contributed by atoms with Crippen molar-refractivity contribution in [1.82, 2.24) is 30.3 Å². The van der Waals surface area contributed by atoms with Crippen molar-refractivity contribution in [2.75, 3.05) is 75.2 Å². The predicted molar refractivity (Wildman–Crippen MR) is 134 cm³/mol. The van der Waals surface area contributed by atoms with Crippen LogP contribution in [0.4, 0.5) is 17.6 Å². The predicted octanol–water partition coefficient (Wildman–Crippen LogP) is 0.651. The molecule has 3 N–H and O–H groups in total. The number of methoxy groups -OCH3 is 1. The summed E-state index contributed by atoms with van der Waals surface area (Å²) in [6.07, 6.45) is 5.08. The van der Waals surface area contributed by atoms with Gasteiger partial charge in [-0.25, -0.2) is 0 Å². The summed E-state index contributed by atoms with van der Waals surface area (Å²) in [5.74, 6) is 2.01. The Labute approximate surface area is 211 Å². The Morgan fingerprint density at radius 1 is 1.22 bits per heavy atom. The van der Waals surface area contributed by atoms with E-state index < -0.39 is 0 Å². The van der Waals surface area contributed by atoms with Crippen LogP contribution in [0, 0.1) is 0 Å². The van der Waals surface area contributed by atoms with Gasteiger partial charge in [0.15, 0.2) is 0 Å². The molecule has 0 unspecified atom stereocenters. The fourth-order valence-electron chi connectivity index (χ4n) is 4.10. The number of esters is 1. The Balaban J connectivity index is 1.29. The molecule has 13 heteroatoms. The lowest BCUT2D eigenvalue weighted by atomic mass is 10.1. The minimum absolute atomic E-state index is 0.263. The maximum Gasteiger partial charge on any atom is 0.307 e. The van der Waals surface area contributed by atoms with E-state index >= 15 is 0 Å². The zero-order valence-corrected chi connectivity index (χ0v) is 20.9. The van der Waals surface area contributed by atoms with E-state index in [1.807, 2.05) is 12.3 Å². The Bertz CT molecular complexity index is 945. The quantitative estimate of drug-likeness (QED) is 0.261. The van der Waals surface area contributed by atoms with Crippen LogP contribution in [0.3, 0.4) is 0 Å². The summed E-state index contributed by atoms with van der Waals surface area (Å²) in [7, 11) is 1.37. The first-order chi connectivity index (χ1) is 17.7. The van der Waals surface area contributed by atoms with Crippen molar-refractivity contribution in [2.45, 2.75) is 44.8 Å². The van der Waals surface area contributed by atoms with Gasteiger partial charge in [-0.05, 0) is 32.4 Å². The van der Waals surface area contributed by atoms with Crippen molar-refractivity contribution >= 4 is 23.6 Å². The number of nitrogens with zero attached hydrogens (tertiary/aromatic N) is 6. The van der Waals surface area contributed by atoms with Crippen LogP contribution in [0.5, 0.6) is 0 Å². The van der Waals surface area contributed by atoms with Crippen LogP contribution in [0.1, 0.15) is 31.4 Å². The molecular weight excluding hydrogens is 466 g/mol. The lowest BCUT2D eigenvalue weighted by Crippen LogP contribution is -2.37. The van der Waals surface area contributed by atoms with Gasteiger partial charge in [-0.3, -0.25) is 9.48 Å².